The highest BCUT2D eigenvalue weighted by Crippen LogP contribution is 2.57. The monoisotopic (exact) mass is 815 g/mol. The molecule has 0 amide bonds. The predicted octanol–water partition coefficient (Wildman–Crippen LogP) is 15.7. The largest absolute Gasteiger partial charge is 0.310 e. The number of rotatable bonds is 7. The number of benzene rings is 10. The molecule has 0 saturated carbocycles. The second-order valence-corrected chi connectivity index (χ2v) is 16.8. The number of para-hydroxylation sites is 5. The molecule has 1 aliphatic rings. The van der Waals surface area contributed by atoms with Crippen molar-refractivity contribution in [2.45, 2.75) is 5.41 Å². The van der Waals surface area contributed by atoms with Gasteiger partial charge in [-0.3, -0.25) is 0 Å². The Bertz CT molecular complexity index is 3620. The van der Waals surface area contributed by atoms with E-state index in [1.54, 1.807) is 0 Å². The second-order valence-electron chi connectivity index (χ2n) is 16.8. The number of hydrogen-bond donors (Lipinski definition) is 0. The van der Waals surface area contributed by atoms with Crippen LogP contribution < -0.4 is 4.90 Å². The Hall–Kier alpha value is -8.40. The van der Waals surface area contributed by atoms with Gasteiger partial charge in [0.05, 0.1) is 33.2 Å². The molecule has 2 aromatic heterocycles. The molecule has 300 valence electrons. The summed E-state index contributed by atoms with van der Waals surface area (Å²) in [5, 5.41) is 4.85. The summed E-state index contributed by atoms with van der Waals surface area (Å²) in [7, 11) is 0. The average molecular weight is 816 g/mol. The number of anilines is 3. The highest BCUT2D eigenvalue weighted by atomic mass is 15.1. The first kappa shape index (κ1) is 36.3. The molecule has 2 heterocycles. The average Bonchev–Trinajstić information content (AvgIpc) is 3.99. The van der Waals surface area contributed by atoms with E-state index in [4.69, 9.17) is 0 Å². The molecular weight excluding hydrogens is 775 g/mol. The van der Waals surface area contributed by atoms with Gasteiger partial charge in [0, 0.05) is 44.3 Å². The first-order valence-corrected chi connectivity index (χ1v) is 22.1. The fourth-order valence-corrected chi connectivity index (χ4v) is 11.0. The summed E-state index contributed by atoms with van der Waals surface area (Å²) in [5.41, 5.74) is 17.2. The fraction of sp³-hybridized carbons (Fsp3) is 0.0164. The lowest BCUT2D eigenvalue weighted by atomic mass is 9.67. The van der Waals surface area contributed by atoms with Gasteiger partial charge in [0.1, 0.15) is 0 Å². The number of nitrogens with zero attached hydrogens (tertiary/aromatic N) is 3. The molecule has 0 spiro atoms. The third-order valence-corrected chi connectivity index (χ3v) is 13.5. The van der Waals surface area contributed by atoms with Gasteiger partial charge in [0.2, 0.25) is 0 Å². The highest BCUT2D eigenvalue weighted by Gasteiger charge is 2.46. The highest BCUT2D eigenvalue weighted by molar-refractivity contribution is 6.16. The van der Waals surface area contributed by atoms with Gasteiger partial charge in [0.25, 0.3) is 0 Å². The molecule has 0 saturated heterocycles. The molecule has 0 aliphatic heterocycles. The van der Waals surface area contributed by atoms with Gasteiger partial charge in [-0.2, -0.15) is 0 Å². The first-order valence-electron chi connectivity index (χ1n) is 22.1. The van der Waals surface area contributed by atoms with Crippen LogP contribution in [0, 0.1) is 0 Å². The summed E-state index contributed by atoms with van der Waals surface area (Å²) in [6.07, 6.45) is 0. The molecule has 64 heavy (non-hydrogen) atoms. The summed E-state index contributed by atoms with van der Waals surface area (Å²) < 4.78 is 4.95. The van der Waals surface area contributed by atoms with Crippen molar-refractivity contribution in [3.8, 4) is 22.5 Å². The molecule has 0 bridgehead atoms. The van der Waals surface area contributed by atoms with Crippen molar-refractivity contribution in [3.63, 3.8) is 0 Å². The molecule has 0 unspecified atom stereocenters. The molecule has 13 rings (SSSR count). The molecule has 10 aromatic carbocycles. The Labute approximate surface area is 372 Å². The van der Waals surface area contributed by atoms with Gasteiger partial charge in [0.15, 0.2) is 0 Å². The lowest BCUT2D eigenvalue weighted by Crippen LogP contribution is -2.28. The van der Waals surface area contributed by atoms with E-state index in [1.165, 1.54) is 71.5 Å². The van der Waals surface area contributed by atoms with E-state index < -0.39 is 5.41 Å². The van der Waals surface area contributed by atoms with E-state index in [0.717, 1.165) is 34.0 Å². The van der Waals surface area contributed by atoms with E-state index in [9.17, 15) is 0 Å². The van der Waals surface area contributed by atoms with Gasteiger partial charge >= 0.3 is 0 Å². The third-order valence-electron chi connectivity index (χ3n) is 13.5. The maximum Gasteiger partial charge on any atom is 0.0784 e. The summed E-state index contributed by atoms with van der Waals surface area (Å²) in [4.78, 5) is 2.47. The summed E-state index contributed by atoms with van der Waals surface area (Å²) >= 11 is 0. The van der Waals surface area contributed by atoms with E-state index in [-0.39, 0.29) is 0 Å². The topological polar surface area (TPSA) is 13.1 Å². The van der Waals surface area contributed by atoms with Gasteiger partial charge in [-0.05, 0) is 100 Å². The standard InChI is InChI=1S/C61H41N3/c1-5-21-42(22-6-1)61(43-23-7-2-8-24-43)54-33-17-13-29-48(54)49-38-37-46(40-55(49)61)62(44-25-9-3-10-26-44)47-39-53-52-32-16-18-34-56(52)63(45-27-11-4-12-28-45)60(53)59(41-47)64-57-35-19-14-30-50(57)51-31-15-20-36-58(51)64/h1-41H. The Morgan fingerprint density at radius 1 is 0.312 bits per heavy atom. The summed E-state index contributed by atoms with van der Waals surface area (Å²) in [6, 6.07) is 91.4. The maximum absolute atomic E-state index is 2.49. The predicted molar refractivity (Wildman–Crippen MR) is 267 cm³/mol. The van der Waals surface area contributed by atoms with Crippen LogP contribution in [-0.2, 0) is 5.41 Å². The minimum absolute atomic E-state index is 0.534. The SMILES string of the molecule is c1ccc(N(c2ccc3c(c2)C(c2ccccc2)(c2ccccc2)c2ccccc2-3)c2cc(-n3c4ccccc4c4ccccc43)c3c(c2)c2ccccc2n3-c2ccccc2)cc1. The van der Waals surface area contributed by atoms with Crippen LogP contribution in [0.5, 0.6) is 0 Å². The fourth-order valence-electron chi connectivity index (χ4n) is 11.0. The molecule has 12 aromatic rings. The lowest BCUT2D eigenvalue weighted by molar-refractivity contribution is 0.768. The van der Waals surface area contributed by atoms with Gasteiger partial charge < -0.3 is 14.0 Å². The Morgan fingerprint density at radius 2 is 0.797 bits per heavy atom. The number of hydrogen-bond acceptors (Lipinski definition) is 1. The van der Waals surface area contributed by atoms with Crippen molar-refractivity contribution in [2.24, 2.45) is 0 Å². The Kier molecular flexibility index (Phi) is 8.13. The van der Waals surface area contributed by atoms with Crippen LogP contribution in [0.2, 0.25) is 0 Å². The minimum atomic E-state index is -0.534. The van der Waals surface area contributed by atoms with Crippen LogP contribution in [0.4, 0.5) is 17.1 Å². The molecule has 0 radical (unpaired) electrons. The van der Waals surface area contributed by atoms with E-state index in [2.05, 4.69) is 263 Å². The molecule has 0 N–H and O–H groups in total. The summed E-state index contributed by atoms with van der Waals surface area (Å²) in [5.74, 6) is 0. The molecule has 3 nitrogen and oxygen atoms in total. The van der Waals surface area contributed by atoms with Crippen LogP contribution in [0.25, 0.3) is 66.1 Å². The maximum atomic E-state index is 2.49. The summed E-state index contributed by atoms with van der Waals surface area (Å²) in [6.45, 7) is 0. The molecule has 0 fully saturated rings. The van der Waals surface area contributed by atoms with Gasteiger partial charge in [-0.1, -0.05) is 182 Å². The van der Waals surface area contributed by atoms with Gasteiger partial charge in [-0.25, -0.2) is 0 Å². The normalized spacial score (nSPS) is 12.8. The van der Waals surface area contributed by atoms with Crippen molar-refractivity contribution in [3.05, 3.63) is 271 Å². The van der Waals surface area contributed by atoms with Crippen LogP contribution in [-0.4, -0.2) is 9.13 Å². The van der Waals surface area contributed by atoms with Crippen molar-refractivity contribution in [1.29, 1.82) is 0 Å². The second kappa shape index (κ2) is 14.3. The van der Waals surface area contributed by atoms with E-state index in [1.807, 2.05) is 0 Å². The smallest absolute Gasteiger partial charge is 0.0784 e. The van der Waals surface area contributed by atoms with Crippen molar-refractivity contribution >= 4 is 60.7 Å². The molecule has 3 heteroatoms. The van der Waals surface area contributed by atoms with Gasteiger partial charge in [-0.15, -0.1) is 0 Å². The van der Waals surface area contributed by atoms with E-state index in [0.29, 0.717) is 0 Å². The molecular formula is C61H41N3. The van der Waals surface area contributed by atoms with Crippen LogP contribution >= 0.6 is 0 Å². The number of aromatic nitrogens is 2. The van der Waals surface area contributed by atoms with E-state index >= 15 is 0 Å². The quantitative estimate of drug-likeness (QED) is 0.156. The zero-order chi connectivity index (χ0) is 42.2. The molecule has 1 aliphatic carbocycles. The van der Waals surface area contributed by atoms with Crippen molar-refractivity contribution < 1.29 is 0 Å². The first-order chi connectivity index (χ1) is 31.8. The molecule has 0 atom stereocenters. The van der Waals surface area contributed by atoms with Crippen LogP contribution in [0.3, 0.4) is 0 Å². The zero-order valence-corrected chi connectivity index (χ0v) is 35.0. The van der Waals surface area contributed by atoms with Crippen LogP contribution in [0.15, 0.2) is 249 Å². The Morgan fingerprint density at radius 3 is 1.42 bits per heavy atom. The zero-order valence-electron chi connectivity index (χ0n) is 35.0. The minimum Gasteiger partial charge on any atom is -0.310 e. The van der Waals surface area contributed by atoms with Crippen molar-refractivity contribution in [1.82, 2.24) is 9.13 Å². The van der Waals surface area contributed by atoms with Crippen LogP contribution in [0.1, 0.15) is 22.3 Å². The number of fused-ring (bicyclic) bond motifs is 9. The lowest BCUT2D eigenvalue weighted by Gasteiger charge is -2.35. The third kappa shape index (κ3) is 5.22. The van der Waals surface area contributed by atoms with Crippen molar-refractivity contribution in [2.75, 3.05) is 4.90 Å². The Balaban J connectivity index is 1.15.